The summed E-state index contributed by atoms with van der Waals surface area (Å²) in [6.07, 6.45) is 3.19. The second-order valence-corrected chi connectivity index (χ2v) is 6.17. The summed E-state index contributed by atoms with van der Waals surface area (Å²) in [7, 11) is 1.46. The maximum atomic E-state index is 12.7. The molecule has 0 aliphatic carbocycles. The number of para-hydroxylation sites is 1. The molecule has 0 saturated carbocycles. The third kappa shape index (κ3) is 6.17. The van der Waals surface area contributed by atoms with Gasteiger partial charge < -0.3 is 15.4 Å². The lowest BCUT2D eigenvalue weighted by atomic mass is 10.1. The van der Waals surface area contributed by atoms with Crippen molar-refractivity contribution in [3.8, 4) is 5.75 Å². The van der Waals surface area contributed by atoms with Gasteiger partial charge in [0.1, 0.15) is 11.4 Å². The van der Waals surface area contributed by atoms with Gasteiger partial charge in [-0.15, -0.1) is 0 Å². The van der Waals surface area contributed by atoms with Crippen LogP contribution in [0.15, 0.2) is 54.2 Å². The van der Waals surface area contributed by atoms with Gasteiger partial charge in [0.15, 0.2) is 0 Å². The van der Waals surface area contributed by atoms with Crippen LogP contribution in [0, 0.1) is 10.1 Å². The maximum Gasteiger partial charge on any atom is 0.269 e. The lowest BCUT2D eigenvalue weighted by molar-refractivity contribution is -0.384. The molecule has 2 N–H and O–H groups in total. The van der Waals surface area contributed by atoms with Gasteiger partial charge in [0, 0.05) is 18.7 Å². The topological polar surface area (TPSA) is 111 Å². The first-order valence-electron chi connectivity index (χ1n) is 9.15. The third-order valence-corrected chi connectivity index (χ3v) is 4.08. The van der Waals surface area contributed by atoms with Crippen LogP contribution < -0.4 is 15.4 Å². The predicted molar refractivity (Wildman–Crippen MR) is 109 cm³/mol. The molecule has 0 saturated heterocycles. The van der Waals surface area contributed by atoms with Gasteiger partial charge in [0.2, 0.25) is 0 Å². The molecule has 0 spiro atoms. The Morgan fingerprint density at radius 3 is 2.45 bits per heavy atom. The Balaban J connectivity index is 2.30. The summed E-state index contributed by atoms with van der Waals surface area (Å²) < 4.78 is 5.20. The minimum atomic E-state index is -0.505. The number of benzene rings is 2. The fourth-order valence-electron chi connectivity index (χ4n) is 2.51. The zero-order chi connectivity index (χ0) is 21.2. The number of nitrogens with one attached hydrogen (secondary N) is 2. The molecular weight excluding hydrogens is 374 g/mol. The molecule has 2 aromatic rings. The number of hydrogen-bond donors (Lipinski definition) is 2. The van der Waals surface area contributed by atoms with Crippen molar-refractivity contribution in [2.75, 3.05) is 13.7 Å². The van der Waals surface area contributed by atoms with E-state index in [1.165, 1.54) is 37.5 Å². The molecular formula is C21H23N3O5. The normalized spacial score (nSPS) is 10.9. The summed E-state index contributed by atoms with van der Waals surface area (Å²) in [4.78, 5) is 35.6. The highest BCUT2D eigenvalue weighted by molar-refractivity contribution is 6.06. The van der Waals surface area contributed by atoms with E-state index in [4.69, 9.17) is 4.74 Å². The molecule has 8 nitrogen and oxygen atoms in total. The summed E-state index contributed by atoms with van der Waals surface area (Å²) in [6.45, 7) is 2.47. The molecule has 0 atom stereocenters. The Bertz CT molecular complexity index is 907. The molecule has 0 heterocycles. The number of rotatable bonds is 9. The molecule has 0 radical (unpaired) electrons. The van der Waals surface area contributed by atoms with Gasteiger partial charge in [-0.05, 0) is 42.3 Å². The van der Waals surface area contributed by atoms with Crippen molar-refractivity contribution in [2.24, 2.45) is 0 Å². The van der Waals surface area contributed by atoms with Gasteiger partial charge in [0.25, 0.3) is 17.5 Å². The first-order chi connectivity index (χ1) is 14.0. The van der Waals surface area contributed by atoms with Crippen LogP contribution in [0.25, 0.3) is 6.08 Å². The summed E-state index contributed by atoms with van der Waals surface area (Å²) in [6, 6.07) is 12.3. The monoisotopic (exact) mass is 397 g/mol. The Labute approximate surface area is 168 Å². The molecule has 0 bridgehead atoms. The van der Waals surface area contributed by atoms with E-state index in [1.807, 2.05) is 6.92 Å². The van der Waals surface area contributed by atoms with Crippen molar-refractivity contribution in [1.29, 1.82) is 0 Å². The van der Waals surface area contributed by atoms with Gasteiger partial charge in [-0.2, -0.15) is 0 Å². The highest BCUT2D eigenvalue weighted by Gasteiger charge is 2.17. The number of carbonyl (C=O) groups excluding carboxylic acids is 2. The molecule has 2 aromatic carbocycles. The van der Waals surface area contributed by atoms with Crippen LogP contribution in [0.5, 0.6) is 5.75 Å². The number of non-ortho nitro benzene ring substituents is 1. The van der Waals surface area contributed by atoms with E-state index < -0.39 is 16.7 Å². The average Bonchev–Trinajstić information content (AvgIpc) is 2.73. The molecule has 0 fully saturated rings. The number of unbranched alkanes of at least 4 members (excludes halogenated alkanes) is 1. The molecule has 0 aromatic heterocycles. The van der Waals surface area contributed by atoms with E-state index in [2.05, 4.69) is 10.6 Å². The first kappa shape index (κ1) is 21.6. The Hall–Kier alpha value is -3.68. The molecule has 29 heavy (non-hydrogen) atoms. The maximum absolute atomic E-state index is 12.7. The van der Waals surface area contributed by atoms with Crippen molar-refractivity contribution in [2.45, 2.75) is 19.8 Å². The fourth-order valence-corrected chi connectivity index (χ4v) is 2.51. The molecule has 2 amide bonds. The van der Waals surface area contributed by atoms with Crippen LogP contribution in [0.1, 0.15) is 35.7 Å². The van der Waals surface area contributed by atoms with Gasteiger partial charge >= 0.3 is 0 Å². The number of methoxy groups -OCH3 is 1. The number of hydrogen-bond acceptors (Lipinski definition) is 5. The van der Waals surface area contributed by atoms with Gasteiger partial charge in [0.05, 0.1) is 17.6 Å². The Kier molecular flexibility index (Phi) is 7.90. The van der Waals surface area contributed by atoms with Crippen molar-refractivity contribution in [3.05, 3.63) is 75.5 Å². The van der Waals surface area contributed by atoms with Crippen LogP contribution in [0.4, 0.5) is 5.69 Å². The number of carbonyl (C=O) groups is 2. The summed E-state index contributed by atoms with van der Waals surface area (Å²) in [5.41, 5.74) is 0.794. The van der Waals surface area contributed by atoms with Crippen LogP contribution in [0.3, 0.4) is 0 Å². The van der Waals surface area contributed by atoms with E-state index >= 15 is 0 Å². The molecule has 0 aliphatic heterocycles. The molecule has 0 aliphatic rings. The molecule has 0 unspecified atom stereocenters. The highest BCUT2D eigenvalue weighted by atomic mass is 16.6. The van der Waals surface area contributed by atoms with Gasteiger partial charge in [-0.3, -0.25) is 19.7 Å². The van der Waals surface area contributed by atoms with Crippen molar-refractivity contribution < 1.29 is 19.2 Å². The number of nitro groups is 1. The minimum Gasteiger partial charge on any atom is -0.496 e. The third-order valence-electron chi connectivity index (χ3n) is 4.08. The predicted octanol–water partition coefficient (Wildman–Crippen LogP) is 3.29. The Morgan fingerprint density at radius 2 is 1.83 bits per heavy atom. The number of ether oxygens (including phenoxy) is 1. The van der Waals surface area contributed by atoms with Crippen molar-refractivity contribution in [3.63, 3.8) is 0 Å². The zero-order valence-corrected chi connectivity index (χ0v) is 16.3. The zero-order valence-electron chi connectivity index (χ0n) is 16.3. The average molecular weight is 397 g/mol. The van der Waals surface area contributed by atoms with E-state index in [0.29, 0.717) is 17.9 Å². The van der Waals surface area contributed by atoms with Gasteiger partial charge in [-0.1, -0.05) is 25.5 Å². The van der Waals surface area contributed by atoms with Crippen LogP contribution in [-0.4, -0.2) is 30.4 Å². The first-order valence-corrected chi connectivity index (χ1v) is 9.15. The van der Waals surface area contributed by atoms with Gasteiger partial charge in [-0.25, -0.2) is 0 Å². The molecule has 152 valence electrons. The lowest BCUT2D eigenvalue weighted by Gasteiger charge is -2.12. The standard InChI is InChI=1S/C21H23N3O5/c1-3-4-13-22-21(26)18(14-15-9-11-16(12-10-15)24(27)28)23-20(25)17-7-5-6-8-19(17)29-2/h5-12,14H,3-4,13H2,1-2H3,(H,22,26)(H,23,25). The van der Waals surface area contributed by atoms with Crippen molar-refractivity contribution in [1.82, 2.24) is 10.6 Å². The lowest BCUT2D eigenvalue weighted by Crippen LogP contribution is -2.35. The second kappa shape index (κ2) is 10.6. The second-order valence-electron chi connectivity index (χ2n) is 6.17. The molecule has 8 heteroatoms. The largest absolute Gasteiger partial charge is 0.496 e. The smallest absolute Gasteiger partial charge is 0.269 e. The summed E-state index contributed by atoms with van der Waals surface area (Å²) in [5, 5.41) is 16.2. The quantitative estimate of drug-likeness (QED) is 0.292. The van der Waals surface area contributed by atoms with E-state index in [9.17, 15) is 19.7 Å². The summed E-state index contributed by atoms with van der Waals surface area (Å²) >= 11 is 0. The number of amides is 2. The van der Waals surface area contributed by atoms with Crippen LogP contribution >= 0.6 is 0 Å². The van der Waals surface area contributed by atoms with E-state index in [0.717, 1.165) is 12.8 Å². The fraction of sp³-hybridized carbons (Fsp3) is 0.238. The SMILES string of the molecule is CCCCNC(=O)C(=Cc1ccc([N+](=O)[O-])cc1)NC(=O)c1ccccc1OC. The minimum absolute atomic E-state index is 0.0332. The Morgan fingerprint density at radius 1 is 1.14 bits per heavy atom. The van der Waals surface area contributed by atoms with Crippen LogP contribution in [-0.2, 0) is 4.79 Å². The van der Waals surface area contributed by atoms with Crippen LogP contribution in [0.2, 0.25) is 0 Å². The summed E-state index contributed by atoms with van der Waals surface area (Å²) in [5.74, 6) is -0.563. The van der Waals surface area contributed by atoms with E-state index in [1.54, 1.807) is 24.3 Å². The van der Waals surface area contributed by atoms with E-state index in [-0.39, 0.29) is 16.9 Å². The highest BCUT2D eigenvalue weighted by Crippen LogP contribution is 2.18. The molecule has 2 rings (SSSR count). The number of nitro benzene ring substituents is 1. The number of nitrogens with zero attached hydrogens (tertiary/aromatic N) is 1. The van der Waals surface area contributed by atoms with Crippen molar-refractivity contribution >= 4 is 23.6 Å².